The Labute approximate surface area is 133 Å². The lowest BCUT2D eigenvalue weighted by Crippen LogP contribution is -2.45. The van der Waals surface area contributed by atoms with Crippen LogP contribution in [-0.4, -0.2) is 53.2 Å². The van der Waals surface area contributed by atoms with Crippen LogP contribution < -0.4 is 0 Å². The Bertz CT molecular complexity index is 784. The number of hydrogen-bond donors (Lipinski definition) is 2. The number of rotatable bonds is 2. The first-order valence-electron chi connectivity index (χ1n) is 7.78. The average molecular weight is 314 g/mol. The highest BCUT2D eigenvalue weighted by Gasteiger charge is 2.54. The third-order valence-corrected chi connectivity index (χ3v) is 5.22. The molecule has 6 heteroatoms. The highest BCUT2D eigenvalue weighted by atomic mass is 16.5. The van der Waals surface area contributed by atoms with E-state index >= 15 is 0 Å². The summed E-state index contributed by atoms with van der Waals surface area (Å²) < 4.78 is 5.43. The molecular weight excluding hydrogens is 296 g/mol. The van der Waals surface area contributed by atoms with Crippen molar-refractivity contribution >= 4 is 22.8 Å². The summed E-state index contributed by atoms with van der Waals surface area (Å²) in [7, 11) is 0. The molecule has 2 N–H and O–H groups in total. The first-order valence-corrected chi connectivity index (χ1v) is 7.78. The summed E-state index contributed by atoms with van der Waals surface area (Å²) >= 11 is 0. The molecule has 3 heterocycles. The summed E-state index contributed by atoms with van der Waals surface area (Å²) in [5.41, 5.74) is 0.718. The van der Waals surface area contributed by atoms with Gasteiger partial charge in [-0.05, 0) is 30.7 Å². The van der Waals surface area contributed by atoms with Gasteiger partial charge < -0.3 is 19.7 Å². The molecule has 0 unspecified atom stereocenters. The first kappa shape index (κ1) is 14.3. The summed E-state index contributed by atoms with van der Waals surface area (Å²) in [6.07, 6.45) is 2.30. The molecule has 6 nitrogen and oxygen atoms in total. The minimum atomic E-state index is -0.855. The number of carbonyl (C=O) groups is 2. The molecule has 0 saturated carbocycles. The van der Waals surface area contributed by atoms with Gasteiger partial charge in [-0.1, -0.05) is 0 Å². The molecule has 2 aromatic rings. The van der Waals surface area contributed by atoms with Crippen LogP contribution >= 0.6 is 0 Å². The average Bonchev–Trinajstić information content (AvgIpc) is 3.18. The number of nitrogens with zero attached hydrogens (tertiary/aromatic N) is 1. The molecule has 2 atom stereocenters. The minimum absolute atomic E-state index is 0.108. The Morgan fingerprint density at radius 3 is 3.00 bits per heavy atom. The number of nitrogens with one attached hydrogen (secondary N) is 1. The van der Waals surface area contributed by atoms with Crippen LogP contribution in [0.15, 0.2) is 30.5 Å². The molecule has 2 saturated heterocycles. The number of H-pyrrole nitrogens is 1. The van der Waals surface area contributed by atoms with Gasteiger partial charge in [0.1, 0.15) is 0 Å². The van der Waals surface area contributed by atoms with Crippen molar-refractivity contribution in [3.05, 3.63) is 36.0 Å². The van der Waals surface area contributed by atoms with E-state index in [4.69, 9.17) is 4.74 Å². The number of carbonyl (C=O) groups excluding carboxylic acids is 1. The number of aliphatic carboxylic acids is 1. The zero-order valence-corrected chi connectivity index (χ0v) is 12.6. The number of amides is 1. The van der Waals surface area contributed by atoms with E-state index in [-0.39, 0.29) is 18.4 Å². The van der Waals surface area contributed by atoms with E-state index in [1.807, 2.05) is 24.4 Å². The standard InChI is InChI=1S/C17H18N2O4/c20-15(12-1-2-14-11(7-12)3-5-18-14)19-8-13-9-23-6-4-17(13,10-19)16(21)22/h1-3,5,7,13,18H,4,6,8-10H2,(H,21,22)/t13-,17+/m0/s1. The highest BCUT2D eigenvalue weighted by molar-refractivity contribution is 5.98. The predicted octanol–water partition coefficient (Wildman–Crippen LogP) is 1.73. The van der Waals surface area contributed by atoms with Crippen molar-refractivity contribution in [2.45, 2.75) is 6.42 Å². The van der Waals surface area contributed by atoms with E-state index in [0.29, 0.717) is 31.7 Å². The molecule has 0 radical (unpaired) electrons. The number of benzene rings is 1. The van der Waals surface area contributed by atoms with Crippen molar-refractivity contribution in [2.24, 2.45) is 11.3 Å². The van der Waals surface area contributed by atoms with Gasteiger partial charge in [0.2, 0.25) is 0 Å². The van der Waals surface area contributed by atoms with Gasteiger partial charge in [-0.3, -0.25) is 9.59 Å². The van der Waals surface area contributed by atoms with E-state index in [0.717, 1.165) is 10.9 Å². The van der Waals surface area contributed by atoms with Gasteiger partial charge in [0, 0.05) is 48.3 Å². The SMILES string of the molecule is O=C(c1ccc2[nH]ccc2c1)N1C[C@H]2COCC[C@@]2(C(=O)O)C1. The van der Waals surface area contributed by atoms with Crippen LogP contribution in [0, 0.1) is 11.3 Å². The largest absolute Gasteiger partial charge is 0.481 e. The summed E-state index contributed by atoms with van der Waals surface area (Å²) in [5, 5.41) is 10.7. The van der Waals surface area contributed by atoms with Crippen LogP contribution in [0.1, 0.15) is 16.8 Å². The molecule has 2 aliphatic heterocycles. The van der Waals surface area contributed by atoms with E-state index in [1.54, 1.807) is 11.0 Å². The zero-order valence-electron chi connectivity index (χ0n) is 12.6. The normalized spacial score (nSPS) is 27.1. The Hall–Kier alpha value is -2.34. The van der Waals surface area contributed by atoms with Crippen LogP contribution in [-0.2, 0) is 9.53 Å². The second-order valence-electron chi connectivity index (χ2n) is 6.45. The Balaban J connectivity index is 1.63. The summed E-state index contributed by atoms with van der Waals surface area (Å²) in [6, 6.07) is 7.43. The third-order valence-electron chi connectivity index (χ3n) is 5.22. The van der Waals surface area contributed by atoms with Crippen LogP contribution in [0.5, 0.6) is 0 Å². The van der Waals surface area contributed by atoms with Crippen molar-refractivity contribution < 1.29 is 19.4 Å². The summed E-state index contributed by atoms with van der Waals surface area (Å²) in [6.45, 7) is 1.56. The third kappa shape index (κ3) is 2.13. The molecule has 0 bridgehead atoms. The topological polar surface area (TPSA) is 82.6 Å². The maximum absolute atomic E-state index is 12.8. The molecule has 1 aromatic carbocycles. The van der Waals surface area contributed by atoms with Gasteiger partial charge in [-0.25, -0.2) is 0 Å². The molecule has 1 amide bonds. The van der Waals surface area contributed by atoms with Crippen molar-refractivity contribution in [1.82, 2.24) is 9.88 Å². The van der Waals surface area contributed by atoms with E-state index < -0.39 is 11.4 Å². The highest BCUT2D eigenvalue weighted by Crippen LogP contribution is 2.42. The molecule has 2 aliphatic rings. The number of aromatic amines is 1. The number of likely N-dealkylation sites (tertiary alicyclic amines) is 1. The molecule has 0 aliphatic carbocycles. The van der Waals surface area contributed by atoms with Crippen LogP contribution in [0.4, 0.5) is 0 Å². The summed E-state index contributed by atoms with van der Waals surface area (Å²) in [5.74, 6) is -1.06. The lowest BCUT2D eigenvalue weighted by molar-refractivity contribution is -0.157. The van der Waals surface area contributed by atoms with Crippen LogP contribution in [0.3, 0.4) is 0 Å². The van der Waals surface area contributed by atoms with Gasteiger partial charge >= 0.3 is 5.97 Å². The number of carboxylic acid groups (broad SMARTS) is 1. The quantitative estimate of drug-likeness (QED) is 0.884. The van der Waals surface area contributed by atoms with Crippen molar-refractivity contribution in [1.29, 1.82) is 0 Å². The monoisotopic (exact) mass is 314 g/mol. The van der Waals surface area contributed by atoms with Gasteiger partial charge in [0.05, 0.1) is 12.0 Å². The van der Waals surface area contributed by atoms with Gasteiger partial charge in [0.15, 0.2) is 0 Å². The predicted molar refractivity (Wildman–Crippen MR) is 83.2 cm³/mol. The molecule has 120 valence electrons. The number of aromatic nitrogens is 1. The fourth-order valence-electron chi connectivity index (χ4n) is 3.82. The summed E-state index contributed by atoms with van der Waals surface area (Å²) in [4.78, 5) is 29.4. The van der Waals surface area contributed by atoms with Crippen LogP contribution in [0.2, 0.25) is 0 Å². The number of carboxylic acids is 1. The molecule has 2 fully saturated rings. The van der Waals surface area contributed by atoms with E-state index in [2.05, 4.69) is 4.98 Å². The van der Waals surface area contributed by atoms with Crippen molar-refractivity contribution in [3.63, 3.8) is 0 Å². The molecule has 23 heavy (non-hydrogen) atoms. The number of ether oxygens (including phenoxy) is 1. The van der Waals surface area contributed by atoms with Crippen LogP contribution in [0.25, 0.3) is 10.9 Å². The molecule has 4 rings (SSSR count). The Kier molecular flexibility index (Phi) is 3.16. The number of hydrogen-bond acceptors (Lipinski definition) is 3. The smallest absolute Gasteiger partial charge is 0.311 e. The molecular formula is C17H18N2O4. The molecule has 1 aromatic heterocycles. The Morgan fingerprint density at radius 1 is 1.35 bits per heavy atom. The lowest BCUT2D eigenvalue weighted by atomic mass is 9.74. The number of fused-ring (bicyclic) bond motifs is 2. The second kappa shape index (κ2) is 5.09. The molecule has 0 spiro atoms. The fourth-order valence-corrected chi connectivity index (χ4v) is 3.82. The fraction of sp³-hybridized carbons (Fsp3) is 0.412. The Morgan fingerprint density at radius 2 is 2.22 bits per heavy atom. The van der Waals surface area contributed by atoms with Gasteiger partial charge in [-0.15, -0.1) is 0 Å². The van der Waals surface area contributed by atoms with E-state index in [1.165, 1.54) is 0 Å². The van der Waals surface area contributed by atoms with E-state index in [9.17, 15) is 14.7 Å². The second-order valence-corrected chi connectivity index (χ2v) is 6.45. The van der Waals surface area contributed by atoms with Crippen molar-refractivity contribution in [2.75, 3.05) is 26.3 Å². The zero-order chi connectivity index (χ0) is 16.0. The first-order chi connectivity index (χ1) is 11.1. The lowest BCUT2D eigenvalue weighted by Gasteiger charge is -2.33. The van der Waals surface area contributed by atoms with Gasteiger partial charge in [-0.2, -0.15) is 0 Å². The van der Waals surface area contributed by atoms with Crippen molar-refractivity contribution in [3.8, 4) is 0 Å². The maximum Gasteiger partial charge on any atom is 0.311 e. The van der Waals surface area contributed by atoms with Gasteiger partial charge in [0.25, 0.3) is 5.91 Å². The maximum atomic E-state index is 12.8. The minimum Gasteiger partial charge on any atom is -0.481 e.